The Hall–Kier alpha value is -2.27. The van der Waals surface area contributed by atoms with Crippen molar-refractivity contribution >= 4 is 40.0 Å². The molecular formula is C19H17IN4O3S. The molecule has 1 aliphatic rings. The van der Waals surface area contributed by atoms with E-state index < -0.39 is 6.23 Å². The molecule has 0 amide bonds. The van der Waals surface area contributed by atoms with E-state index in [1.165, 1.54) is 11.8 Å². The van der Waals surface area contributed by atoms with Crippen molar-refractivity contribution in [1.82, 2.24) is 15.2 Å². The van der Waals surface area contributed by atoms with Crippen molar-refractivity contribution in [2.75, 3.05) is 18.2 Å². The summed E-state index contributed by atoms with van der Waals surface area (Å²) in [5.41, 5.74) is 3.12. The predicted molar refractivity (Wildman–Crippen MR) is 116 cm³/mol. The van der Waals surface area contributed by atoms with Crippen LogP contribution in [0, 0.1) is 3.57 Å². The lowest BCUT2D eigenvalue weighted by atomic mass is 10.1. The molecule has 4 rings (SSSR count). The summed E-state index contributed by atoms with van der Waals surface area (Å²) in [5, 5.41) is 22.7. The number of nitrogens with one attached hydrogen (secondary N) is 1. The van der Waals surface area contributed by atoms with Gasteiger partial charge in [-0.25, -0.2) is 0 Å². The van der Waals surface area contributed by atoms with E-state index in [9.17, 15) is 5.11 Å². The molecule has 0 aliphatic carbocycles. The maximum Gasteiger partial charge on any atom is 0.247 e. The van der Waals surface area contributed by atoms with Crippen LogP contribution in [0.15, 0.2) is 41.6 Å². The lowest BCUT2D eigenvalue weighted by molar-refractivity contribution is 0.224. The van der Waals surface area contributed by atoms with Gasteiger partial charge in [0.05, 0.1) is 10.2 Å². The van der Waals surface area contributed by atoms with Gasteiger partial charge in [0.2, 0.25) is 11.0 Å². The number of aromatic nitrogens is 3. The number of fused-ring (bicyclic) bond motifs is 3. The fourth-order valence-corrected chi connectivity index (χ4v) is 3.82. The number of phenolic OH excluding ortho intramolecular Hbond substituents is 1. The van der Waals surface area contributed by atoms with Crippen molar-refractivity contribution in [3.05, 3.63) is 45.5 Å². The molecule has 0 radical (unpaired) electrons. The first-order valence-corrected chi connectivity index (χ1v) is 10.9. The third-order valence-corrected chi connectivity index (χ3v) is 5.53. The maximum atomic E-state index is 10.3. The summed E-state index contributed by atoms with van der Waals surface area (Å²) in [5.74, 6) is 0.940. The van der Waals surface area contributed by atoms with Crippen LogP contribution < -0.4 is 14.8 Å². The average molecular weight is 508 g/mol. The van der Waals surface area contributed by atoms with Gasteiger partial charge in [0.15, 0.2) is 23.4 Å². The molecule has 9 heteroatoms. The van der Waals surface area contributed by atoms with Crippen molar-refractivity contribution in [3.8, 4) is 28.6 Å². The Morgan fingerprint density at radius 3 is 2.89 bits per heavy atom. The molecule has 2 heterocycles. The summed E-state index contributed by atoms with van der Waals surface area (Å²) >= 11 is 3.48. The van der Waals surface area contributed by atoms with Gasteiger partial charge in [-0.15, -0.1) is 10.2 Å². The van der Waals surface area contributed by atoms with Crippen molar-refractivity contribution < 1.29 is 14.6 Å². The monoisotopic (exact) mass is 508 g/mol. The van der Waals surface area contributed by atoms with Crippen molar-refractivity contribution in [2.24, 2.45) is 0 Å². The van der Waals surface area contributed by atoms with Gasteiger partial charge in [0, 0.05) is 16.8 Å². The first kappa shape index (κ1) is 19.1. The lowest BCUT2D eigenvalue weighted by Gasteiger charge is -2.21. The Balaban J connectivity index is 1.84. The van der Waals surface area contributed by atoms with E-state index in [1.54, 1.807) is 6.07 Å². The van der Waals surface area contributed by atoms with Gasteiger partial charge in [-0.1, -0.05) is 30.0 Å². The fourth-order valence-electron chi connectivity index (χ4n) is 2.90. The lowest BCUT2D eigenvalue weighted by Crippen LogP contribution is -2.17. The summed E-state index contributed by atoms with van der Waals surface area (Å²) in [6, 6.07) is 11.4. The van der Waals surface area contributed by atoms with Crippen LogP contribution in [0.2, 0.25) is 0 Å². The van der Waals surface area contributed by atoms with Crippen LogP contribution in [0.25, 0.3) is 11.3 Å². The number of anilines is 1. The molecule has 3 aromatic rings. The highest BCUT2D eigenvalue weighted by Crippen LogP contribution is 2.41. The minimum absolute atomic E-state index is 0.120. The highest BCUT2D eigenvalue weighted by atomic mass is 127. The third kappa shape index (κ3) is 3.55. The molecule has 1 aromatic heterocycles. The number of hydrogen-bond acceptors (Lipinski definition) is 8. The molecule has 0 spiro atoms. The maximum absolute atomic E-state index is 10.3. The van der Waals surface area contributed by atoms with Gasteiger partial charge in [0.1, 0.15) is 0 Å². The smallest absolute Gasteiger partial charge is 0.247 e. The van der Waals surface area contributed by atoms with Crippen molar-refractivity contribution in [3.63, 3.8) is 0 Å². The summed E-state index contributed by atoms with van der Waals surface area (Å²) in [4.78, 5) is 4.51. The molecular weight excluding hydrogens is 491 g/mol. The molecule has 0 saturated carbocycles. The van der Waals surface area contributed by atoms with E-state index in [0.717, 1.165) is 16.8 Å². The van der Waals surface area contributed by atoms with Crippen molar-refractivity contribution in [2.45, 2.75) is 18.3 Å². The minimum Gasteiger partial charge on any atom is -0.504 e. The van der Waals surface area contributed by atoms with E-state index in [1.807, 2.05) is 43.5 Å². The van der Waals surface area contributed by atoms with Gasteiger partial charge >= 0.3 is 0 Å². The van der Waals surface area contributed by atoms with Gasteiger partial charge in [-0.2, -0.15) is 4.98 Å². The Bertz CT molecular complexity index is 1030. The molecule has 2 aromatic carbocycles. The average Bonchev–Trinajstić information content (AvgIpc) is 2.87. The van der Waals surface area contributed by atoms with E-state index in [0.29, 0.717) is 32.7 Å². The first-order chi connectivity index (χ1) is 13.6. The van der Waals surface area contributed by atoms with E-state index in [2.05, 4.69) is 43.1 Å². The molecule has 0 bridgehead atoms. The standard InChI is InChI=1S/C19H17IN4O3S/c1-3-26-14-9-10(8-12(20)16(14)25)17-21-13-7-5-4-6-11(13)15-18(27-17)22-19(28-2)24-23-15/h4-9,17,21,25H,3H2,1-2H3/t17-/m0/s1. The second-order valence-electron chi connectivity index (χ2n) is 5.92. The Morgan fingerprint density at radius 2 is 2.11 bits per heavy atom. The summed E-state index contributed by atoms with van der Waals surface area (Å²) < 4.78 is 12.5. The quantitative estimate of drug-likeness (QED) is 0.394. The van der Waals surface area contributed by atoms with E-state index >= 15 is 0 Å². The number of thioether (sulfide) groups is 1. The summed E-state index contributed by atoms with van der Waals surface area (Å²) in [6.45, 7) is 2.32. The normalized spacial score (nSPS) is 14.9. The van der Waals surface area contributed by atoms with Gasteiger partial charge in [0.25, 0.3) is 0 Å². The van der Waals surface area contributed by atoms with Gasteiger partial charge in [-0.05, 0) is 54.0 Å². The molecule has 0 saturated heterocycles. The molecule has 2 N–H and O–H groups in total. The SMILES string of the molecule is CCOc1cc([C@H]2Nc3ccccc3-c3nnc(SC)nc3O2)cc(I)c1O. The zero-order chi connectivity index (χ0) is 19.7. The topological polar surface area (TPSA) is 89.4 Å². The van der Waals surface area contributed by atoms with Crippen LogP contribution in [0.5, 0.6) is 17.4 Å². The summed E-state index contributed by atoms with van der Waals surface area (Å²) in [6.07, 6.45) is 1.35. The molecule has 7 nitrogen and oxygen atoms in total. The zero-order valence-electron chi connectivity index (χ0n) is 15.1. The number of aromatic hydroxyl groups is 1. The van der Waals surface area contributed by atoms with E-state index in [-0.39, 0.29) is 5.75 Å². The minimum atomic E-state index is -0.540. The van der Waals surface area contributed by atoms with E-state index in [4.69, 9.17) is 9.47 Å². The van der Waals surface area contributed by atoms with Crippen LogP contribution in [-0.2, 0) is 0 Å². The van der Waals surface area contributed by atoms with Gasteiger partial charge < -0.3 is 19.9 Å². The fraction of sp³-hybridized carbons (Fsp3) is 0.211. The summed E-state index contributed by atoms with van der Waals surface area (Å²) in [7, 11) is 0. The Labute approximate surface area is 180 Å². The molecule has 28 heavy (non-hydrogen) atoms. The molecule has 1 aliphatic heterocycles. The molecule has 144 valence electrons. The molecule has 0 fully saturated rings. The number of nitrogens with zero attached hydrogens (tertiary/aromatic N) is 3. The number of halogens is 1. The number of phenols is 1. The highest BCUT2D eigenvalue weighted by Gasteiger charge is 2.27. The van der Waals surface area contributed by atoms with Crippen LogP contribution in [0.3, 0.4) is 0 Å². The Morgan fingerprint density at radius 1 is 1.29 bits per heavy atom. The van der Waals surface area contributed by atoms with Crippen LogP contribution >= 0.6 is 34.4 Å². The second-order valence-corrected chi connectivity index (χ2v) is 7.86. The second kappa shape index (κ2) is 8.00. The van der Waals surface area contributed by atoms with Crippen LogP contribution in [0.4, 0.5) is 5.69 Å². The molecule has 0 unspecified atom stereocenters. The number of ether oxygens (including phenoxy) is 2. The van der Waals surface area contributed by atoms with Crippen LogP contribution in [-0.4, -0.2) is 33.2 Å². The number of benzene rings is 2. The number of para-hydroxylation sites is 1. The highest BCUT2D eigenvalue weighted by molar-refractivity contribution is 14.1. The third-order valence-electron chi connectivity index (χ3n) is 4.17. The predicted octanol–water partition coefficient (Wildman–Crippen LogP) is 4.47. The zero-order valence-corrected chi connectivity index (χ0v) is 18.1. The Kier molecular flexibility index (Phi) is 5.44. The van der Waals surface area contributed by atoms with Gasteiger partial charge in [-0.3, -0.25) is 0 Å². The molecule has 1 atom stereocenters. The number of hydrogen-bond donors (Lipinski definition) is 2. The van der Waals surface area contributed by atoms with Crippen molar-refractivity contribution in [1.29, 1.82) is 0 Å². The number of rotatable bonds is 4. The first-order valence-electron chi connectivity index (χ1n) is 8.57. The van der Waals surface area contributed by atoms with Crippen LogP contribution in [0.1, 0.15) is 18.7 Å². The largest absolute Gasteiger partial charge is 0.504 e.